The van der Waals surface area contributed by atoms with Crippen LogP contribution in [0.3, 0.4) is 0 Å². The summed E-state index contributed by atoms with van der Waals surface area (Å²) in [5.41, 5.74) is 1.85. The molecule has 0 spiro atoms. The van der Waals surface area contributed by atoms with Crippen LogP contribution in [0.4, 0.5) is 10.5 Å². The molecule has 1 aromatic rings. The molecule has 1 saturated carbocycles. The van der Waals surface area contributed by atoms with Gasteiger partial charge in [0.05, 0.1) is 12.7 Å². The highest BCUT2D eigenvalue weighted by molar-refractivity contribution is 7.84. The smallest absolute Gasteiger partial charge is 0.319 e. The molecule has 2 amide bonds. The van der Waals surface area contributed by atoms with E-state index >= 15 is 0 Å². The van der Waals surface area contributed by atoms with Crippen molar-refractivity contribution in [1.82, 2.24) is 5.32 Å². The topological polar surface area (TPSA) is 67.4 Å². The predicted octanol–water partition coefficient (Wildman–Crippen LogP) is 2.65. The van der Waals surface area contributed by atoms with Crippen LogP contribution in [-0.2, 0) is 22.1 Å². The number of benzene rings is 1. The van der Waals surface area contributed by atoms with Crippen molar-refractivity contribution >= 4 is 22.5 Å². The first kappa shape index (κ1) is 17.0. The van der Waals surface area contributed by atoms with Crippen LogP contribution in [0.15, 0.2) is 24.3 Å². The van der Waals surface area contributed by atoms with Crippen LogP contribution in [-0.4, -0.2) is 34.9 Å². The molecule has 0 radical (unpaired) electrons. The van der Waals surface area contributed by atoms with Crippen LogP contribution in [0.5, 0.6) is 0 Å². The van der Waals surface area contributed by atoms with E-state index in [0.717, 1.165) is 11.3 Å². The first-order chi connectivity index (χ1) is 10.6. The summed E-state index contributed by atoms with van der Waals surface area (Å²) in [5.74, 6) is 0.463. The van der Waals surface area contributed by atoms with Gasteiger partial charge in [0.2, 0.25) is 0 Å². The molecule has 1 atom stereocenters. The number of rotatable bonds is 7. The lowest BCUT2D eigenvalue weighted by molar-refractivity contribution is 0.0457. The summed E-state index contributed by atoms with van der Waals surface area (Å²) in [6.07, 6.45) is 6.91. The van der Waals surface area contributed by atoms with Gasteiger partial charge in [-0.05, 0) is 30.5 Å². The zero-order valence-corrected chi connectivity index (χ0v) is 13.8. The van der Waals surface area contributed by atoms with E-state index in [1.165, 1.54) is 25.7 Å². The normalized spacial score (nSPS) is 16.4. The second kappa shape index (κ2) is 8.90. The fraction of sp³-hybridized carbons (Fsp3) is 0.562. The number of carbonyl (C=O) groups excluding carboxylic acids is 1. The third kappa shape index (κ3) is 6.15. The number of urea groups is 1. The minimum atomic E-state index is -0.892. The molecule has 2 N–H and O–H groups in total. The molecule has 0 aromatic heterocycles. The first-order valence-electron chi connectivity index (χ1n) is 7.69. The highest BCUT2D eigenvalue weighted by atomic mass is 32.2. The summed E-state index contributed by atoms with van der Waals surface area (Å²) in [7, 11) is -0.892. The average molecular weight is 324 g/mol. The number of ether oxygens (including phenoxy) is 1. The van der Waals surface area contributed by atoms with Gasteiger partial charge in [-0.1, -0.05) is 25.0 Å². The standard InChI is InChI=1S/C16H24N2O3S/c1-22(20)11-10-17-16(19)18-14-8-6-13(7-9-14)12-21-15-4-2-3-5-15/h6-9,15H,2-5,10-12H2,1H3,(H2,17,18,19). The second-order valence-electron chi connectivity index (χ2n) is 5.57. The molecule has 5 nitrogen and oxygen atoms in total. The number of anilines is 1. The van der Waals surface area contributed by atoms with E-state index in [1.54, 1.807) is 6.26 Å². The summed E-state index contributed by atoms with van der Waals surface area (Å²) in [6, 6.07) is 7.38. The lowest BCUT2D eigenvalue weighted by Crippen LogP contribution is -2.31. The maximum Gasteiger partial charge on any atom is 0.319 e. The predicted molar refractivity (Wildman–Crippen MR) is 89.4 cm³/mol. The van der Waals surface area contributed by atoms with Crippen molar-refractivity contribution in [3.05, 3.63) is 29.8 Å². The molecule has 6 heteroatoms. The van der Waals surface area contributed by atoms with Crippen LogP contribution >= 0.6 is 0 Å². The van der Waals surface area contributed by atoms with Gasteiger partial charge in [-0.15, -0.1) is 0 Å². The average Bonchev–Trinajstić information content (AvgIpc) is 2.99. The molecule has 0 heterocycles. The third-order valence-corrected chi connectivity index (χ3v) is 4.45. The Balaban J connectivity index is 1.71. The van der Waals surface area contributed by atoms with E-state index in [4.69, 9.17) is 4.74 Å². The van der Waals surface area contributed by atoms with Crippen molar-refractivity contribution in [2.75, 3.05) is 23.9 Å². The molecular weight excluding hydrogens is 300 g/mol. The van der Waals surface area contributed by atoms with Crippen LogP contribution < -0.4 is 10.6 Å². The molecule has 1 aliphatic rings. The summed E-state index contributed by atoms with van der Waals surface area (Å²) < 4.78 is 16.8. The largest absolute Gasteiger partial charge is 0.374 e. The number of hydrogen-bond acceptors (Lipinski definition) is 3. The molecule has 122 valence electrons. The molecule has 22 heavy (non-hydrogen) atoms. The Morgan fingerprint density at radius 2 is 1.95 bits per heavy atom. The molecule has 1 fully saturated rings. The maximum atomic E-state index is 11.6. The Hall–Kier alpha value is -1.40. The molecule has 0 aliphatic heterocycles. The van der Waals surface area contributed by atoms with Crippen molar-refractivity contribution in [1.29, 1.82) is 0 Å². The van der Waals surface area contributed by atoms with Gasteiger partial charge in [0, 0.05) is 35.0 Å². The Kier molecular flexibility index (Phi) is 6.86. The van der Waals surface area contributed by atoms with Crippen LogP contribution in [0, 0.1) is 0 Å². The van der Waals surface area contributed by atoms with Crippen molar-refractivity contribution in [3.8, 4) is 0 Å². The third-order valence-electron chi connectivity index (χ3n) is 3.67. The lowest BCUT2D eigenvalue weighted by atomic mass is 10.2. The number of hydrogen-bond donors (Lipinski definition) is 2. The Morgan fingerprint density at radius 1 is 1.27 bits per heavy atom. The first-order valence-corrected chi connectivity index (χ1v) is 9.41. The molecule has 0 bridgehead atoms. The summed E-state index contributed by atoms with van der Waals surface area (Å²) >= 11 is 0. The van der Waals surface area contributed by atoms with Crippen molar-refractivity contribution < 1.29 is 13.7 Å². The minimum absolute atomic E-state index is 0.277. The van der Waals surface area contributed by atoms with E-state index in [1.807, 2.05) is 24.3 Å². The SMILES string of the molecule is CS(=O)CCNC(=O)Nc1ccc(COC2CCCC2)cc1. The highest BCUT2D eigenvalue weighted by Gasteiger charge is 2.15. The Bertz CT molecular complexity index is 499. The fourth-order valence-electron chi connectivity index (χ4n) is 2.44. The van der Waals surface area contributed by atoms with Gasteiger partial charge < -0.3 is 15.4 Å². The van der Waals surface area contributed by atoms with Gasteiger partial charge in [-0.25, -0.2) is 4.79 Å². The molecule has 1 aliphatic carbocycles. The van der Waals surface area contributed by atoms with Crippen LogP contribution in [0.1, 0.15) is 31.2 Å². The Labute approximate surface area is 134 Å². The zero-order chi connectivity index (χ0) is 15.8. The molecular formula is C16H24N2O3S. The summed E-state index contributed by atoms with van der Waals surface area (Å²) in [4.78, 5) is 11.6. The lowest BCUT2D eigenvalue weighted by Gasteiger charge is -2.11. The molecule has 1 unspecified atom stereocenters. The quantitative estimate of drug-likeness (QED) is 0.810. The van der Waals surface area contributed by atoms with E-state index < -0.39 is 10.8 Å². The van der Waals surface area contributed by atoms with E-state index in [0.29, 0.717) is 25.0 Å². The van der Waals surface area contributed by atoms with Crippen molar-refractivity contribution in [3.63, 3.8) is 0 Å². The van der Waals surface area contributed by atoms with Crippen molar-refractivity contribution in [2.24, 2.45) is 0 Å². The Morgan fingerprint density at radius 3 is 2.59 bits per heavy atom. The monoisotopic (exact) mass is 324 g/mol. The molecule has 2 rings (SSSR count). The highest BCUT2D eigenvalue weighted by Crippen LogP contribution is 2.22. The van der Waals surface area contributed by atoms with E-state index in [9.17, 15) is 9.00 Å². The van der Waals surface area contributed by atoms with E-state index in [-0.39, 0.29) is 6.03 Å². The number of carbonyl (C=O) groups is 1. The minimum Gasteiger partial charge on any atom is -0.374 e. The zero-order valence-electron chi connectivity index (χ0n) is 13.0. The van der Waals surface area contributed by atoms with Gasteiger partial charge in [-0.3, -0.25) is 4.21 Å². The van der Waals surface area contributed by atoms with Crippen LogP contribution in [0.25, 0.3) is 0 Å². The van der Waals surface area contributed by atoms with Crippen molar-refractivity contribution in [2.45, 2.75) is 38.4 Å². The van der Waals surface area contributed by atoms with Gasteiger partial charge in [-0.2, -0.15) is 0 Å². The number of amides is 2. The van der Waals surface area contributed by atoms with Crippen LogP contribution in [0.2, 0.25) is 0 Å². The maximum absolute atomic E-state index is 11.6. The summed E-state index contributed by atoms with van der Waals surface area (Å²) in [6.45, 7) is 1.03. The summed E-state index contributed by atoms with van der Waals surface area (Å²) in [5, 5.41) is 5.42. The van der Waals surface area contributed by atoms with E-state index in [2.05, 4.69) is 10.6 Å². The fourth-order valence-corrected chi connectivity index (χ4v) is 2.83. The molecule has 0 saturated heterocycles. The van der Waals surface area contributed by atoms with Gasteiger partial charge in [0.25, 0.3) is 0 Å². The number of nitrogens with one attached hydrogen (secondary N) is 2. The van der Waals surface area contributed by atoms with Gasteiger partial charge in [0.1, 0.15) is 0 Å². The van der Waals surface area contributed by atoms with Gasteiger partial charge in [0.15, 0.2) is 0 Å². The van der Waals surface area contributed by atoms with Gasteiger partial charge >= 0.3 is 6.03 Å². The molecule has 1 aromatic carbocycles. The second-order valence-corrected chi connectivity index (χ2v) is 7.13.